The summed E-state index contributed by atoms with van der Waals surface area (Å²) in [7, 11) is 0. The number of amides is 1. The first-order chi connectivity index (χ1) is 8.65. The van der Waals surface area contributed by atoms with E-state index in [2.05, 4.69) is 10.5 Å². The molecular formula is C11H11Cl2FN2O2. The number of nitrogens with zero attached hydrogens (tertiary/aromatic N) is 1. The lowest BCUT2D eigenvalue weighted by Crippen LogP contribution is -2.26. The van der Waals surface area contributed by atoms with Gasteiger partial charge in [-0.05, 0) is 24.3 Å². The van der Waals surface area contributed by atoms with Crippen molar-refractivity contribution in [2.75, 3.05) is 18.4 Å². The third-order valence-electron chi connectivity index (χ3n) is 1.83. The van der Waals surface area contributed by atoms with Crippen LogP contribution in [-0.4, -0.2) is 30.0 Å². The number of benzene rings is 1. The zero-order chi connectivity index (χ0) is 13.4. The maximum Gasteiger partial charge on any atom is 0.277 e. The molecule has 1 rings (SSSR count). The number of hydrogen-bond acceptors (Lipinski definition) is 3. The van der Waals surface area contributed by atoms with E-state index in [0.717, 1.165) is 0 Å². The number of alkyl halides is 2. The highest BCUT2D eigenvalue weighted by atomic mass is 35.5. The molecule has 0 spiro atoms. The number of hydrazone groups is 1. The second-order valence-electron chi connectivity index (χ2n) is 3.22. The lowest BCUT2D eigenvalue weighted by atomic mass is 10.3. The van der Waals surface area contributed by atoms with Crippen molar-refractivity contribution in [2.24, 2.45) is 5.10 Å². The normalized spacial score (nSPS) is 9.72. The first kappa shape index (κ1) is 14.7. The molecule has 0 heterocycles. The van der Waals surface area contributed by atoms with Gasteiger partial charge in [0, 0.05) is 0 Å². The van der Waals surface area contributed by atoms with Gasteiger partial charge in [0.15, 0.2) is 6.61 Å². The van der Waals surface area contributed by atoms with Crippen molar-refractivity contribution in [3.8, 4) is 5.75 Å². The van der Waals surface area contributed by atoms with Gasteiger partial charge in [0.25, 0.3) is 5.91 Å². The molecule has 0 aromatic heterocycles. The number of ether oxygens (including phenoxy) is 1. The van der Waals surface area contributed by atoms with Crippen LogP contribution in [0.25, 0.3) is 0 Å². The van der Waals surface area contributed by atoms with Crippen LogP contribution in [0.3, 0.4) is 0 Å². The van der Waals surface area contributed by atoms with Gasteiger partial charge in [-0.15, -0.1) is 23.2 Å². The fourth-order valence-electron chi connectivity index (χ4n) is 0.949. The van der Waals surface area contributed by atoms with Crippen molar-refractivity contribution >= 4 is 34.8 Å². The minimum atomic E-state index is -0.452. The van der Waals surface area contributed by atoms with Gasteiger partial charge in [0.1, 0.15) is 11.6 Å². The molecule has 0 radical (unpaired) electrons. The number of halogens is 3. The second kappa shape index (κ2) is 7.89. The van der Waals surface area contributed by atoms with E-state index in [1.165, 1.54) is 24.3 Å². The zero-order valence-electron chi connectivity index (χ0n) is 9.33. The van der Waals surface area contributed by atoms with E-state index >= 15 is 0 Å². The third-order valence-corrected chi connectivity index (χ3v) is 2.45. The topological polar surface area (TPSA) is 50.7 Å². The van der Waals surface area contributed by atoms with Crippen LogP contribution in [0.2, 0.25) is 0 Å². The summed E-state index contributed by atoms with van der Waals surface area (Å²) in [5.41, 5.74) is 2.70. The predicted octanol–water partition coefficient (Wildman–Crippen LogP) is 2.15. The van der Waals surface area contributed by atoms with Gasteiger partial charge in [0.05, 0.1) is 17.5 Å². The van der Waals surface area contributed by atoms with Crippen LogP contribution in [0.15, 0.2) is 29.4 Å². The van der Waals surface area contributed by atoms with Crippen LogP contribution >= 0.6 is 23.2 Å². The Morgan fingerprint density at radius 2 is 1.89 bits per heavy atom. The summed E-state index contributed by atoms with van der Waals surface area (Å²) in [6.07, 6.45) is 0. The fourth-order valence-corrected chi connectivity index (χ4v) is 1.35. The van der Waals surface area contributed by atoms with Crippen LogP contribution in [-0.2, 0) is 4.79 Å². The van der Waals surface area contributed by atoms with E-state index in [4.69, 9.17) is 27.9 Å². The SMILES string of the molecule is O=C(COc1ccc(F)cc1)NN=C(CCl)CCl. The third kappa shape index (κ3) is 5.33. The lowest BCUT2D eigenvalue weighted by molar-refractivity contribution is -0.123. The van der Waals surface area contributed by atoms with Crippen molar-refractivity contribution in [1.82, 2.24) is 5.43 Å². The van der Waals surface area contributed by atoms with Gasteiger partial charge in [-0.25, -0.2) is 9.82 Å². The quantitative estimate of drug-likeness (QED) is 0.496. The van der Waals surface area contributed by atoms with Crippen LogP contribution in [0.1, 0.15) is 0 Å². The number of rotatable bonds is 6. The Morgan fingerprint density at radius 1 is 1.28 bits per heavy atom. The molecule has 0 unspecified atom stereocenters. The lowest BCUT2D eigenvalue weighted by Gasteiger charge is -2.05. The average Bonchev–Trinajstić information content (AvgIpc) is 2.39. The minimum absolute atomic E-state index is 0.141. The summed E-state index contributed by atoms with van der Waals surface area (Å²) in [4.78, 5) is 11.3. The molecule has 0 saturated heterocycles. The molecule has 0 atom stereocenters. The molecular weight excluding hydrogens is 282 g/mol. The Balaban J connectivity index is 2.37. The Morgan fingerprint density at radius 3 is 2.44 bits per heavy atom. The van der Waals surface area contributed by atoms with Gasteiger partial charge >= 0.3 is 0 Å². The van der Waals surface area contributed by atoms with Gasteiger partial charge in [0.2, 0.25) is 0 Å². The van der Waals surface area contributed by atoms with E-state index in [-0.39, 0.29) is 24.2 Å². The van der Waals surface area contributed by atoms with Crippen molar-refractivity contribution in [3.63, 3.8) is 0 Å². The molecule has 0 saturated carbocycles. The fraction of sp³-hybridized carbons (Fsp3) is 0.273. The average molecular weight is 293 g/mol. The molecule has 0 fully saturated rings. The summed E-state index contributed by atoms with van der Waals surface area (Å²) < 4.78 is 17.7. The first-order valence-electron chi connectivity index (χ1n) is 5.00. The summed E-state index contributed by atoms with van der Waals surface area (Å²) in [6, 6.07) is 5.33. The van der Waals surface area contributed by atoms with E-state index in [1.54, 1.807) is 0 Å². The first-order valence-corrected chi connectivity index (χ1v) is 6.07. The maximum absolute atomic E-state index is 12.6. The molecule has 18 heavy (non-hydrogen) atoms. The Bertz CT molecular complexity index is 418. The zero-order valence-corrected chi connectivity index (χ0v) is 10.8. The van der Waals surface area contributed by atoms with Gasteiger partial charge < -0.3 is 4.74 Å². The monoisotopic (exact) mass is 292 g/mol. The Labute approximate surface area is 114 Å². The molecule has 0 aliphatic carbocycles. The molecule has 1 aromatic carbocycles. The summed E-state index contributed by atoms with van der Waals surface area (Å²) >= 11 is 11.0. The second-order valence-corrected chi connectivity index (χ2v) is 3.76. The molecule has 1 amide bonds. The summed E-state index contributed by atoms with van der Waals surface area (Å²) in [5.74, 6) is -0.145. The Kier molecular flexibility index (Phi) is 6.46. The molecule has 1 N–H and O–H groups in total. The van der Waals surface area contributed by atoms with Gasteiger partial charge in [-0.1, -0.05) is 0 Å². The van der Waals surface area contributed by atoms with Crippen LogP contribution in [0.4, 0.5) is 4.39 Å². The molecule has 0 aliphatic heterocycles. The molecule has 0 bridgehead atoms. The van der Waals surface area contributed by atoms with Crippen LogP contribution in [0.5, 0.6) is 5.75 Å². The molecule has 7 heteroatoms. The smallest absolute Gasteiger partial charge is 0.277 e. The van der Waals surface area contributed by atoms with Crippen LogP contribution in [0, 0.1) is 5.82 Å². The van der Waals surface area contributed by atoms with E-state index in [9.17, 15) is 9.18 Å². The maximum atomic E-state index is 12.6. The summed E-state index contributed by atoms with van der Waals surface area (Å²) in [5, 5.41) is 3.70. The highest BCUT2D eigenvalue weighted by Gasteiger charge is 2.03. The Hall–Kier alpha value is -1.33. The van der Waals surface area contributed by atoms with Crippen molar-refractivity contribution < 1.29 is 13.9 Å². The van der Waals surface area contributed by atoms with Crippen LogP contribution < -0.4 is 10.2 Å². The van der Waals surface area contributed by atoms with E-state index in [0.29, 0.717) is 11.5 Å². The molecule has 4 nitrogen and oxygen atoms in total. The standard InChI is InChI=1S/C11H11Cl2FN2O2/c12-5-9(6-13)15-16-11(17)7-18-10-3-1-8(14)2-4-10/h1-4H,5-7H2,(H,16,17). The van der Waals surface area contributed by atoms with E-state index in [1.807, 2.05) is 0 Å². The number of carbonyl (C=O) groups is 1. The van der Waals surface area contributed by atoms with Crippen molar-refractivity contribution in [2.45, 2.75) is 0 Å². The molecule has 0 aliphatic rings. The number of nitrogens with one attached hydrogen (secondary N) is 1. The van der Waals surface area contributed by atoms with Gasteiger partial charge in [-0.3, -0.25) is 4.79 Å². The van der Waals surface area contributed by atoms with E-state index < -0.39 is 5.91 Å². The largest absolute Gasteiger partial charge is 0.484 e. The highest BCUT2D eigenvalue weighted by Crippen LogP contribution is 2.10. The predicted molar refractivity (Wildman–Crippen MR) is 68.9 cm³/mol. The highest BCUT2D eigenvalue weighted by molar-refractivity contribution is 6.36. The minimum Gasteiger partial charge on any atom is -0.484 e. The number of hydrogen-bond donors (Lipinski definition) is 1. The number of carbonyl (C=O) groups excluding carboxylic acids is 1. The molecule has 1 aromatic rings. The summed E-state index contributed by atoms with van der Waals surface area (Å²) in [6.45, 7) is -0.229. The molecule has 98 valence electrons. The van der Waals surface area contributed by atoms with Gasteiger partial charge in [-0.2, -0.15) is 5.10 Å². The van der Waals surface area contributed by atoms with Crippen molar-refractivity contribution in [1.29, 1.82) is 0 Å². The van der Waals surface area contributed by atoms with Crippen molar-refractivity contribution in [3.05, 3.63) is 30.1 Å².